The first kappa shape index (κ1) is 26.4. The molecule has 0 saturated heterocycles. The summed E-state index contributed by atoms with van der Waals surface area (Å²) >= 11 is 1.51. The van der Waals surface area contributed by atoms with Crippen molar-refractivity contribution in [2.24, 2.45) is 0 Å². The van der Waals surface area contributed by atoms with Crippen LogP contribution in [0.15, 0.2) is 53.6 Å². The molecule has 0 saturated carbocycles. The highest BCUT2D eigenvalue weighted by Crippen LogP contribution is 2.45. The number of aliphatic hydroxyl groups is 1. The first-order valence-corrected chi connectivity index (χ1v) is 12.4. The van der Waals surface area contributed by atoms with Crippen LogP contribution in [0, 0.1) is 0 Å². The molecular weight excluding hydrogens is 457 g/mol. The van der Waals surface area contributed by atoms with Crippen LogP contribution in [0.25, 0.3) is 11.6 Å². The average molecular weight is 491 g/mol. The van der Waals surface area contributed by atoms with Crippen LogP contribution < -0.4 is 4.74 Å². The first-order valence-electron chi connectivity index (χ1n) is 11.6. The molecule has 0 bridgehead atoms. The van der Waals surface area contributed by atoms with Gasteiger partial charge >= 0.3 is 6.18 Å². The van der Waals surface area contributed by atoms with Gasteiger partial charge in [0, 0.05) is 20.8 Å². The maximum atomic E-state index is 14.0. The fourth-order valence-electron chi connectivity index (χ4n) is 3.65. The summed E-state index contributed by atoms with van der Waals surface area (Å²) in [7, 11) is 0. The number of hydrogen-bond donors (Lipinski definition) is 1. The number of allylic oxidation sites excluding steroid dienone is 1. The van der Waals surface area contributed by atoms with Crippen molar-refractivity contribution in [1.29, 1.82) is 0 Å². The molecule has 0 spiro atoms. The highest BCUT2D eigenvalue weighted by atomic mass is 32.2. The number of unbranched alkanes of at least 4 members (excludes halogenated alkanes) is 2. The fourth-order valence-corrected chi connectivity index (χ4v) is 4.79. The molecule has 0 amide bonds. The lowest BCUT2D eigenvalue weighted by Gasteiger charge is -2.36. The molecular formula is C28H33F3O2S. The highest BCUT2D eigenvalue weighted by molar-refractivity contribution is 8.00. The van der Waals surface area contributed by atoms with Crippen LogP contribution in [0.2, 0.25) is 0 Å². The zero-order valence-electron chi connectivity index (χ0n) is 20.5. The molecule has 0 aliphatic carbocycles. The van der Waals surface area contributed by atoms with Gasteiger partial charge < -0.3 is 9.84 Å². The van der Waals surface area contributed by atoms with Crippen molar-refractivity contribution in [3.8, 4) is 5.75 Å². The van der Waals surface area contributed by atoms with Crippen LogP contribution in [0.1, 0.15) is 76.1 Å². The monoisotopic (exact) mass is 490 g/mol. The van der Waals surface area contributed by atoms with E-state index in [4.69, 9.17) is 4.74 Å². The van der Waals surface area contributed by atoms with Gasteiger partial charge in [-0.1, -0.05) is 44.5 Å². The lowest BCUT2D eigenvalue weighted by atomic mass is 9.92. The van der Waals surface area contributed by atoms with Gasteiger partial charge in [0.05, 0.1) is 11.2 Å². The Bertz CT molecular complexity index is 1090. The summed E-state index contributed by atoms with van der Waals surface area (Å²) in [5, 5.41) is 10.5. The molecule has 0 fully saturated rings. The smallest absolute Gasteiger partial charge is 0.417 e. The molecule has 3 rings (SSSR count). The quantitative estimate of drug-likeness (QED) is 0.297. The van der Waals surface area contributed by atoms with Gasteiger partial charge in [0.15, 0.2) is 0 Å². The molecule has 1 aliphatic heterocycles. The SMILES string of the molecule is C=C1Oc2cc(SC(C)(C)C(C)(C)O)ccc2C=C1c1ccc(CCCCC)cc1C(F)(F)F. The van der Waals surface area contributed by atoms with Crippen LogP contribution in [-0.2, 0) is 12.6 Å². The van der Waals surface area contributed by atoms with E-state index in [0.29, 0.717) is 28.9 Å². The third-order valence-electron chi connectivity index (χ3n) is 6.41. The number of hydrogen-bond acceptors (Lipinski definition) is 3. The van der Waals surface area contributed by atoms with Crippen molar-refractivity contribution < 1.29 is 23.0 Å². The molecule has 2 nitrogen and oxygen atoms in total. The van der Waals surface area contributed by atoms with Gasteiger partial charge in [-0.25, -0.2) is 0 Å². The molecule has 1 heterocycles. The Kier molecular flexibility index (Phi) is 7.63. The van der Waals surface area contributed by atoms with Crippen LogP contribution in [0.5, 0.6) is 5.75 Å². The van der Waals surface area contributed by atoms with Crippen molar-refractivity contribution in [2.45, 2.75) is 81.7 Å². The summed E-state index contributed by atoms with van der Waals surface area (Å²) in [5.74, 6) is 0.718. The highest BCUT2D eigenvalue weighted by Gasteiger charge is 2.37. The summed E-state index contributed by atoms with van der Waals surface area (Å²) < 4.78 is 47.4. The van der Waals surface area contributed by atoms with Crippen molar-refractivity contribution in [3.63, 3.8) is 0 Å². The molecule has 2 aromatic carbocycles. The van der Waals surface area contributed by atoms with E-state index in [-0.39, 0.29) is 11.3 Å². The molecule has 0 unspecified atom stereocenters. The molecule has 1 aliphatic rings. The van der Waals surface area contributed by atoms with Crippen molar-refractivity contribution >= 4 is 23.4 Å². The zero-order valence-corrected chi connectivity index (χ0v) is 21.3. The summed E-state index contributed by atoms with van der Waals surface area (Å²) in [6.45, 7) is 13.4. The van der Waals surface area contributed by atoms with Crippen molar-refractivity contribution in [3.05, 3.63) is 71.0 Å². The van der Waals surface area contributed by atoms with E-state index in [2.05, 4.69) is 13.5 Å². The van der Waals surface area contributed by atoms with E-state index < -0.39 is 22.1 Å². The maximum Gasteiger partial charge on any atom is 0.417 e. The molecule has 2 aromatic rings. The van der Waals surface area contributed by atoms with Gasteiger partial charge in [0.2, 0.25) is 0 Å². The van der Waals surface area contributed by atoms with Crippen molar-refractivity contribution in [2.75, 3.05) is 0 Å². The van der Waals surface area contributed by atoms with Crippen LogP contribution in [0.3, 0.4) is 0 Å². The fraction of sp³-hybridized carbons (Fsp3) is 0.429. The van der Waals surface area contributed by atoms with Crippen LogP contribution >= 0.6 is 11.8 Å². The molecule has 6 heteroatoms. The lowest BCUT2D eigenvalue weighted by molar-refractivity contribution is -0.137. The first-order chi connectivity index (χ1) is 15.7. The van der Waals surface area contributed by atoms with E-state index in [0.717, 1.165) is 24.2 Å². The second-order valence-electron chi connectivity index (χ2n) is 9.79. The van der Waals surface area contributed by atoms with Gasteiger partial charge in [-0.3, -0.25) is 0 Å². The van der Waals surface area contributed by atoms with E-state index >= 15 is 0 Å². The minimum Gasteiger partial charge on any atom is -0.457 e. The van der Waals surface area contributed by atoms with Crippen LogP contribution in [0.4, 0.5) is 13.2 Å². The molecule has 0 atom stereocenters. The summed E-state index contributed by atoms with van der Waals surface area (Å²) in [4.78, 5) is 0.892. The second kappa shape index (κ2) is 9.82. The summed E-state index contributed by atoms with van der Waals surface area (Å²) in [5.41, 5.74) is 0.194. The molecule has 1 N–H and O–H groups in total. The third-order valence-corrected chi connectivity index (χ3v) is 7.91. The molecule has 0 aromatic heterocycles. The Balaban J connectivity index is 1.97. The Labute approximate surface area is 204 Å². The minimum absolute atomic E-state index is 0.0732. The number of alkyl halides is 3. The van der Waals surface area contributed by atoms with E-state index in [1.54, 1.807) is 26.0 Å². The van der Waals surface area contributed by atoms with E-state index in [1.807, 2.05) is 32.0 Å². The maximum absolute atomic E-state index is 14.0. The number of rotatable bonds is 8. The second-order valence-corrected chi connectivity index (χ2v) is 11.5. The Morgan fingerprint density at radius 1 is 1.00 bits per heavy atom. The number of halogens is 3. The van der Waals surface area contributed by atoms with E-state index in [1.165, 1.54) is 23.9 Å². The largest absolute Gasteiger partial charge is 0.457 e. The summed E-state index contributed by atoms with van der Waals surface area (Å²) in [6.07, 6.45) is 0.715. The predicted molar refractivity (Wildman–Crippen MR) is 135 cm³/mol. The third kappa shape index (κ3) is 5.89. The average Bonchev–Trinajstić information content (AvgIpc) is 2.72. The normalized spacial score (nSPS) is 14.5. The van der Waals surface area contributed by atoms with Gasteiger partial charge in [-0.15, -0.1) is 11.8 Å². The lowest BCUT2D eigenvalue weighted by Crippen LogP contribution is -2.42. The minimum atomic E-state index is -4.49. The van der Waals surface area contributed by atoms with Gasteiger partial charge in [0.1, 0.15) is 11.5 Å². The van der Waals surface area contributed by atoms with Gasteiger partial charge in [0.25, 0.3) is 0 Å². The molecule has 184 valence electrons. The standard InChI is InChI=1S/C28H33F3O2S/c1-7-8-9-10-19-11-14-22(24(15-19)28(29,30)31)23-16-20-12-13-21(17-25(20)33-18(23)2)34-27(5,6)26(3,4)32/h11-17,32H,2,7-10H2,1,3-6H3. The summed E-state index contributed by atoms with van der Waals surface area (Å²) in [6, 6.07) is 10.1. The Hall–Kier alpha value is -2.18. The molecule has 0 radical (unpaired) electrons. The number of ether oxygens (including phenoxy) is 1. The molecule has 34 heavy (non-hydrogen) atoms. The number of fused-ring (bicyclic) bond motifs is 1. The number of benzene rings is 2. The number of aryl methyl sites for hydroxylation is 1. The van der Waals surface area contributed by atoms with Crippen molar-refractivity contribution in [1.82, 2.24) is 0 Å². The Morgan fingerprint density at radius 3 is 2.32 bits per heavy atom. The van der Waals surface area contributed by atoms with Gasteiger partial charge in [-0.2, -0.15) is 13.2 Å². The predicted octanol–water partition coefficient (Wildman–Crippen LogP) is 8.53. The van der Waals surface area contributed by atoms with Gasteiger partial charge in [-0.05, 0) is 75.9 Å². The topological polar surface area (TPSA) is 29.5 Å². The van der Waals surface area contributed by atoms with E-state index in [9.17, 15) is 18.3 Å². The number of thioether (sulfide) groups is 1. The Morgan fingerprint density at radius 2 is 1.71 bits per heavy atom. The zero-order chi connectivity index (χ0) is 25.3. The van der Waals surface area contributed by atoms with Crippen LogP contribution in [-0.4, -0.2) is 15.5 Å².